The second-order valence-electron chi connectivity index (χ2n) is 4.88. The summed E-state index contributed by atoms with van der Waals surface area (Å²) >= 11 is 0. The van der Waals surface area contributed by atoms with E-state index in [4.69, 9.17) is 4.74 Å². The van der Waals surface area contributed by atoms with Gasteiger partial charge in [-0.1, -0.05) is 0 Å². The highest BCUT2D eigenvalue weighted by atomic mass is 16.6. The first-order valence-corrected chi connectivity index (χ1v) is 6.27. The first-order chi connectivity index (χ1) is 9.01. The van der Waals surface area contributed by atoms with Crippen LogP contribution in [0.1, 0.15) is 12.5 Å². The van der Waals surface area contributed by atoms with Crippen LogP contribution in [0, 0.1) is 17.0 Å². The van der Waals surface area contributed by atoms with Crippen LogP contribution in [0.4, 0.5) is 11.4 Å². The summed E-state index contributed by atoms with van der Waals surface area (Å²) in [7, 11) is 0. The number of hydrogen-bond donors (Lipinski definition) is 1. The van der Waals surface area contributed by atoms with Gasteiger partial charge in [0, 0.05) is 30.9 Å². The highest BCUT2D eigenvalue weighted by Crippen LogP contribution is 2.27. The number of aliphatic hydroxyl groups excluding tert-OH is 1. The molecular formula is C13H18N2O4. The fraction of sp³-hybridized carbons (Fsp3) is 0.538. The lowest BCUT2D eigenvalue weighted by atomic mass is 10.1. The Morgan fingerprint density at radius 3 is 2.84 bits per heavy atom. The molecule has 0 saturated carbocycles. The van der Waals surface area contributed by atoms with Crippen LogP contribution in [-0.4, -0.2) is 41.9 Å². The van der Waals surface area contributed by atoms with Crippen LogP contribution in [0.5, 0.6) is 0 Å². The SMILES string of the molecule is Cc1cc([N+](=O)[O-])ccc1N1CC(C)OC(CO)C1. The quantitative estimate of drug-likeness (QED) is 0.662. The number of nitro benzene ring substituents is 1. The first-order valence-electron chi connectivity index (χ1n) is 6.27. The lowest BCUT2D eigenvalue weighted by Crippen LogP contribution is -2.48. The summed E-state index contributed by atoms with van der Waals surface area (Å²) in [5, 5.41) is 19.9. The number of hydrogen-bond acceptors (Lipinski definition) is 5. The molecule has 0 aliphatic carbocycles. The average molecular weight is 266 g/mol. The predicted octanol–water partition coefficient (Wildman–Crippen LogP) is 1.49. The minimum atomic E-state index is -0.394. The van der Waals surface area contributed by atoms with Gasteiger partial charge in [0.25, 0.3) is 5.69 Å². The van der Waals surface area contributed by atoms with Crippen molar-refractivity contribution in [3.63, 3.8) is 0 Å². The van der Waals surface area contributed by atoms with Gasteiger partial charge in [0.1, 0.15) is 0 Å². The minimum Gasteiger partial charge on any atom is -0.394 e. The maximum atomic E-state index is 10.7. The summed E-state index contributed by atoms with van der Waals surface area (Å²) in [4.78, 5) is 12.4. The summed E-state index contributed by atoms with van der Waals surface area (Å²) in [5.41, 5.74) is 1.92. The molecule has 1 fully saturated rings. The van der Waals surface area contributed by atoms with Crippen LogP contribution in [0.3, 0.4) is 0 Å². The van der Waals surface area contributed by atoms with Gasteiger partial charge in [-0.05, 0) is 25.5 Å². The molecule has 2 rings (SSSR count). The molecule has 1 aromatic carbocycles. The van der Waals surface area contributed by atoms with Crippen LogP contribution in [0.15, 0.2) is 18.2 Å². The van der Waals surface area contributed by atoms with E-state index in [1.165, 1.54) is 6.07 Å². The zero-order chi connectivity index (χ0) is 14.0. The molecule has 1 aliphatic heterocycles. The van der Waals surface area contributed by atoms with Crippen LogP contribution >= 0.6 is 0 Å². The third-order valence-electron chi connectivity index (χ3n) is 3.26. The first kappa shape index (κ1) is 13.8. The third-order valence-corrected chi connectivity index (χ3v) is 3.26. The number of morpholine rings is 1. The fourth-order valence-electron chi connectivity index (χ4n) is 2.45. The Kier molecular flexibility index (Phi) is 4.01. The molecule has 1 N–H and O–H groups in total. The van der Waals surface area contributed by atoms with Gasteiger partial charge < -0.3 is 14.7 Å². The molecule has 0 radical (unpaired) electrons. The third kappa shape index (κ3) is 3.02. The maximum Gasteiger partial charge on any atom is 0.269 e. The molecule has 104 valence electrons. The minimum absolute atomic E-state index is 0.0210. The topological polar surface area (TPSA) is 75.8 Å². The Hall–Kier alpha value is -1.66. The van der Waals surface area contributed by atoms with Crippen molar-refractivity contribution >= 4 is 11.4 Å². The van der Waals surface area contributed by atoms with E-state index in [-0.39, 0.29) is 24.5 Å². The lowest BCUT2D eigenvalue weighted by molar-refractivity contribution is -0.384. The number of nitrogens with zero attached hydrogens (tertiary/aromatic N) is 2. The van der Waals surface area contributed by atoms with E-state index >= 15 is 0 Å². The summed E-state index contributed by atoms with van der Waals surface area (Å²) in [5.74, 6) is 0. The molecule has 0 bridgehead atoms. The van der Waals surface area contributed by atoms with E-state index in [1.807, 2.05) is 13.8 Å². The van der Waals surface area contributed by atoms with Crippen LogP contribution < -0.4 is 4.90 Å². The number of ether oxygens (including phenoxy) is 1. The Morgan fingerprint density at radius 2 is 2.26 bits per heavy atom. The zero-order valence-corrected chi connectivity index (χ0v) is 11.1. The second kappa shape index (κ2) is 5.54. The normalized spacial score (nSPS) is 23.4. The summed E-state index contributed by atoms with van der Waals surface area (Å²) < 4.78 is 5.59. The second-order valence-corrected chi connectivity index (χ2v) is 4.88. The Morgan fingerprint density at radius 1 is 1.53 bits per heavy atom. The number of nitro groups is 1. The van der Waals surface area contributed by atoms with Crippen LogP contribution in [-0.2, 0) is 4.74 Å². The van der Waals surface area contributed by atoms with Gasteiger partial charge in [0.15, 0.2) is 0 Å². The standard InChI is InChI=1S/C13H18N2O4/c1-9-5-11(15(17)18)3-4-13(9)14-6-10(2)19-12(7-14)8-16/h3-5,10,12,16H,6-8H2,1-2H3. The largest absolute Gasteiger partial charge is 0.394 e. The summed E-state index contributed by atoms with van der Waals surface area (Å²) in [6, 6.07) is 4.85. The van der Waals surface area contributed by atoms with Crippen LogP contribution in [0.2, 0.25) is 0 Å². The van der Waals surface area contributed by atoms with Crippen LogP contribution in [0.25, 0.3) is 0 Å². The molecule has 1 aliphatic rings. The molecule has 0 amide bonds. The molecule has 0 aromatic heterocycles. The monoisotopic (exact) mass is 266 g/mol. The summed E-state index contributed by atoms with van der Waals surface area (Å²) in [6.45, 7) is 5.10. The van der Waals surface area contributed by atoms with Gasteiger partial charge in [-0.2, -0.15) is 0 Å². The number of rotatable bonds is 3. The molecule has 2 unspecified atom stereocenters. The number of anilines is 1. The van der Waals surface area contributed by atoms with Crippen molar-refractivity contribution in [2.75, 3.05) is 24.6 Å². The van der Waals surface area contributed by atoms with Gasteiger partial charge in [-0.15, -0.1) is 0 Å². The van der Waals surface area contributed by atoms with E-state index in [0.29, 0.717) is 6.54 Å². The molecule has 1 heterocycles. The van der Waals surface area contributed by atoms with Gasteiger partial charge in [-0.25, -0.2) is 0 Å². The zero-order valence-electron chi connectivity index (χ0n) is 11.1. The number of benzene rings is 1. The van der Waals surface area contributed by atoms with Gasteiger partial charge in [0.05, 0.1) is 23.7 Å². The van der Waals surface area contributed by atoms with Crippen molar-refractivity contribution < 1.29 is 14.8 Å². The number of non-ortho nitro benzene ring substituents is 1. The average Bonchev–Trinajstić information content (AvgIpc) is 2.37. The van der Waals surface area contributed by atoms with Gasteiger partial charge in [0.2, 0.25) is 0 Å². The van der Waals surface area contributed by atoms with Crippen molar-refractivity contribution in [3.8, 4) is 0 Å². The Balaban J connectivity index is 2.23. The highest BCUT2D eigenvalue weighted by molar-refractivity contribution is 5.57. The van der Waals surface area contributed by atoms with Crippen molar-refractivity contribution in [1.29, 1.82) is 0 Å². The molecule has 0 spiro atoms. The summed E-state index contributed by atoms with van der Waals surface area (Å²) in [6.07, 6.45) is -0.182. The molecule has 6 nitrogen and oxygen atoms in total. The van der Waals surface area contributed by atoms with Crippen molar-refractivity contribution in [2.45, 2.75) is 26.1 Å². The van der Waals surface area contributed by atoms with E-state index in [2.05, 4.69) is 4.90 Å². The molecule has 2 atom stereocenters. The molecule has 1 saturated heterocycles. The van der Waals surface area contributed by atoms with Gasteiger partial charge >= 0.3 is 0 Å². The smallest absolute Gasteiger partial charge is 0.269 e. The molecular weight excluding hydrogens is 248 g/mol. The van der Waals surface area contributed by atoms with E-state index in [1.54, 1.807) is 12.1 Å². The van der Waals surface area contributed by atoms with E-state index in [0.717, 1.165) is 17.8 Å². The molecule has 6 heteroatoms. The number of aliphatic hydroxyl groups is 1. The highest BCUT2D eigenvalue weighted by Gasteiger charge is 2.26. The van der Waals surface area contributed by atoms with Gasteiger partial charge in [-0.3, -0.25) is 10.1 Å². The van der Waals surface area contributed by atoms with E-state index < -0.39 is 4.92 Å². The van der Waals surface area contributed by atoms with Crippen molar-refractivity contribution in [2.24, 2.45) is 0 Å². The Bertz CT molecular complexity index is 478. The molecule has 19 heavy (non-hydrogen) atoms. The van der Waals surface area contributed by atoms with E-state index in [9.17, 15) is 15.2 Å². The fourth-order valence-corrected chi connectivity index (χ4v) is 2.45. The lowest BCUT2D eigenvalue weighted by Gasteiger charge is -2.38. The molecule has 1 aromatic rings. The maximum absolute atomic E-state index is 10.7. The Labute approximate surface area is 111 Å². The van der Waals surface area contributed by atoms with Crippen molar-refractivity contribution in [3.05, 3.63) is 33.9 Å². The predicted molar refractivity (Wildman–Crippen MR) is 71.5 cm³/mol. The van der Waals surface area contributed by atoms with Crippen molar-refractivity contribution in [1.82, 2.24) is 0 Å². The number of aryl methyl sites for hydroxylation is 1.